The van der Waals surface area contributed by atoms with Crippen LogP contribution in [0.3, 0.4) is 0 Å². The first-order valence-corrected chi connectivity index (χ1v) is 10.2. The Hall–Kier alpha value is -2.17. The molecule has 0 saturated carbocycles. The Labute approximate surface area is 169 Å². The van der Waals surface area contributed by atoms with Gasteiger partial charge in [-0.2, -0.15) is 0 Å². The number of halogens is 1. The van der Waals surface area contributed by atoms with Gasteiger partial charge in [-0.05, 0) is 71.2 Å². The number of rotatable bonds is 4. The van der Waals surface area contributed by atoms with Crippen LogP contribution in [0.5, 0.6) is 0 Å². The van der Waals surface area contributed by atoms with Gasteiger partial charge in [0.1, 0.15) is 4.60 Å². The second kappa shape index (κ2) is 7.83. The number of nitrogen functional groups attached to an aromatic ring is 1. The van der Waals surface area contributed by atoms with Gasteiger partial charge in [0, 0.05) is 17.6 Å². The van der Waals surface area contributed by atoms with Crippen LogP contribution in [0.1, 0.15) is 29.7 Å². The quantitative estimate of drug-likeness (QED) is 0.475. The largest absolute Gasteiger partial charge is 0.398 e. The predicted molar refractivity (Wildman–Crippen MR) is 115 cm³/mol. The van der Waals surface area contributed by atoms with Crippen LogP contribution in [-0.2, 0) is 12.0 Å². The maximum Gasteiger partial charge on any atom is 0.106 e. The molecule has 0 atom stereocenters. The van der Waals surface area contributed by atoms with Crippen LogP contribution in [0.25, 0.3) is 0 Å². The van der Waals surface area contributed by atoms with Crippen molar-refractivity contribution in [3.05, 3.63) is 94.2 Å². The SMILES string of the molecule is Nc1ccccc1C1(c2cccc(Br)n2)CCN(Cc2ccccc2)CC1. The van der Waals surface area contributed by atoms with E-state index in [0.29, 0.717) is 0 Å². The molecule has 1 saturated heterocycles. The van der Waals surface area contributed by atoms with Gasteiger partial charge in [-0.25, -0.2) is 4.98 Å². The molecule has 0 radical (unpaired) electrons. The lowest BCUT2D eigenvalue weighted by Gasteiger charge is -2.42. The van der Waals surface area contributed by atoms with Crippen LogP contribution in [0.4, 0.5) is 5.69 Å². The van der Waals surface area contributed by atoms with Gasteiger partial charge in [0.25, 0.3) is 0 Å². The lowest BCUT2D eigenvalue weighted by Crippen LogP contribution is -2.43. The van der Waals surface area contributed by atoms with Crippen molar-refractivity contribution >= 4 is 21.6 Å². The van der Waals surface area contributed by atoms with Crippen molar-refractivity contribution in [3.8, 4) is 0 Å². The number of para-hydroxylation sites is 1. The van der Waals surface area contributed by atoms with E-state index in [-0.39, 0.29) is 5.41 Å². The molecule has 1 aliphatic rings. The molecule has 1 aromatic heterocycles. The average molecular weight is 422 g/mol. The summed E-state index contributed by atoms with van der Waals surface area (Å²) in [7, 11) is 0. The standard InChI is InChI=1S/C23H24BrN3/c24-22-12-6-11-21(26-22)23(19-9-4-5-10-20(19)25)13-15-27(16-14-23)17-18-7-2-1-3-8-18/h1-12H,13-17,25H2. The maximum atomic E-state index is 6.42. The molecule has 3 nitrogen and oxygen atoms in total. The molecular weight excluding hydrogens is 398 g/mol. The van der Waals surface area contributed by atoms with E-state index < -0.39 is 0 Å². The zero-order valence-corrected chi connectivity index (χ0v) is 16.9. The van der Waals surface area contributed by atoms with Gasteiger partial charge in [0.2, 0.25) is 0 Å². The zero-order valence-electron chi connectivity index (χ0n) is 15.3. The molecule has 138 valence electrons. The highest BCUT2D eigenvalue weighted by Crippen LogP contribution is 2.43. The highest BCUT2D eigenvalue weighted by atomic mass is 79.9. The Bertz CT molecular complexity index is 902. The van der Waals surface area contributed by atoms with E-state index in [1.54, 1.807) is 0 Å². The summed E-state index contributed by atoms with van der Waals surface area (Å²) in [6.45, 7) is 3.04. The van der Waals surface area contributed by atoms with E-state index >= 15 is 0 Å². The Balaban J connectivity index is 1.64. The Morgan fingerprint density at radius 3 is 2.30 bits per heavy atom. The minimum atomic E-state index is -0.137. The van der Waals surface area contributed by atoms with E-state index in [1.807, 2.05) is 18.2 Å². The molecule has 1 aliphatic heterocycles. The number of anilines is 1. The Morgan fingerprint density at radius 1 is 0.889 bits per heavy atom. The highest BCUT2D eigenvalue weighted by molar-refractivity contribution is 9.10. The number of nitrogens with zero attached hydrogens (tertiary/aromatic N) is 2. The maximum absolute atomic E-state index is 6.42. The smallest absolute Gasteiger partial charge is 0.106 e. The summed E-state index contributed by atoms with van der Waals surface area (Å²) in [6.07, 6.45) is 2.02. The van der Waals surface area contributed by atoms with Crippen LogP contribution in [0.15, 0.2) is 77.4 Å². The second-order valence-corrected chi connectivity index (χ2v) is 8.09. The number of aromatic nitrogens is 1. The molecule has 2 aromatic carbocycles. The van der Waals surface area contributed by atoms with Crippen LogP contribution >= 0.6 is 15.9 Å². The first-order valence-electron chi connectivity index (χ1n) is 9.42. The number of likely N-dealkylation sites (tertiary alicyclic amines) is 1. The van der Waals surface area contributed by atoms with E-state index in [0.717, 1.165) is 48.5 Å². The van der Waals surface area contributed by atoms with Crippen LogP contribution in [-0.4, -0.2) is 23.0 Å². The highest BCUT2D eigenvalue weighted by Gasteiger charge is 2.40. The van der Waals surface area contributed by atoms with Gasteiger partial charge in [-0.1, -0.05) is 54.6 Å². The molecule has 0 bridgehead atoms. The number of hydrogen-bond acceptors (Lipinski definition) is 3. The third-order valence-electron chi connectivity index (χ3n) is 5.64. The summed E-state index contributed by atoms with van der Waals surface area (Å²) >= 11 is 3.55. The average Bonchev–Trinajstić information content (AvgIpc) is 2.70. The van der Waals surface area contributed by atoms with Gasteiger partial charge in [0.15, 0.2) is 0 Å². The molecule has 0 unspecified atom stereocenters. The Morgan fingerprint density at radius 2 is 1.59 bits per heavy atom. The minimum absolute atomic E-state index is 0.137. The lowest BCUT2D eigenvalue weighted by molar-refractivity contribution is 0.170. The van der Waals surface area contributed by atoms with E-state index in [9.17, 15) is 0 Å². The van der Waals surface area contributed by atoms with Gasteiger partial charge >= 0.3 is 0 Å². The summed E-state index contributed by atoms with van der Waals surface area (Å²) in [6, 6.07) is 25.2. The van der Waals surface area contributed by atoms with Gasteiger partial charge in [-0.15, -0.1) is 0 Å². The molecule has 4 heteroatoms. The van der Waals surface area contributed by atoms with Crippen molar-refractivity contribution in [2.24, 2.45) is 0 Å². The fraction of sp³-hybridized carbons (Fsp3) is 0.261. The molecule has 1 fully saturated rings. The zero-order chi connectivity index (χ0) is 18.7. The van der Waals surface area contributed by atoms with Crippen molar-refractivity contribution in [2.45, 2.75) is 24.8 Å². The van der Waals surface area contributed by atoms with Crippen molar-refractivity contribution in [3.63, 3.8) is 0 Å². The molecule has 0 aliphatic carbocycles. The topological polar surface area (TPSA) is 42.1 Å². The van der Waals surface area contributed by atoms with Crippen molar-refractivity contribution in [2.75, 3.05) is 18.8 Å². The fourth-order valence-corrected chi connectivity index (χ4v) is 4.55. The molecule has 0 spiro atoms. The van der Waals surface area contributed by atoms with Crippen molar-refractivity contribution < 1.29 is 0 Å². The third-order valence-corrected chi connectivity index (χ3v) is 6.08. The van der Waals surface area contributed by atoms with E-state index in [2.05, 4.69) is 75.4 Å². The van der Waals surface area contributed by atoms with E-state index in [1.165, 1.54) is 11.1 Å². The first-order chi connectivity index (χ1) is 13.2. The van der Waals surface area contributed by atoms with Crippen LogP contribution < -0.4 is 5.73 Å². The molecule has 27 heavy (non-hydrogen) atoms. The summed E-state index contributed by atoms with van der Waals surface area (Å²) in [5, 5.41) is 0. The number of hydrogen-bond donors (Lipinski definition) is 1. The Kier molecular flexibility index (Phi) is 5.28. The van der Waals surface area contributed by atoms with Crippen LogP contribution in [0, 0.1) is 0 Å². The summed E-state index contributed by atoms with van der Waals surface area (Å²) < 4.78 is 0.876. The van der Waals surface area contributed by atoms with E-state index in [4.69, 9.17) is 10.7 Å². The number of benzene rings is 2. The fourth-order valence-electron chi connectivity index (χ4n) is 4.21. The summed E-state index contributed by atoms with van der Waals surface area (Å²) in [4.78, 5) is 7.37. The molecule has 3 aromatic rings. The predicted octanol–water partition coefficient (Wildman–Crippen LogP) is 5.01. The molecule has 0 amide bonds. The number of piperidine rings is 1. The third kappa shape index (κ3) is 3.78. The minimum Gasteiger partial charge on any atom is -0.398 e. The van der Waals surface area contributed by atoms with Crippen molar-refractivity contribution in [1.29, 1.82) is 0 Å². The lowest BCUT2D eigenvalue weighted by atomic mass is 9.69. The van der Waals surface area contributed by atoms with Gasteiger partial charge in [-0.3, -0.25) is 4.90 Å². The van der Waals surface area contributed by atoms with Crippen LogP contribution in [0.2, 0.25) is 0 Å². The molecule has 2 N–H and O–H groups in total. The molecule has 2 heterocycles. The van der Waals surface area contributed by atoms with Gasteiger partial charge < -0.3 is 5.73 Å². The van der Waals surface area contributed by atoms with Gasteiger partial charge in [0.05, 0.1) is 5.69 Å². The normalized spacial score (nSPS) is 16.9. The summed E-state index contributed by atoms with van der Waals surface area (Å²) in [5.74, 6) is 0. The van der Waals surface area contributed by atoms with Crippen molar-refractivity contribution in [1.82, 2.24) is 9.88 Å². The summed E-state index contributed by atoms with van der Waals surface area (Å²) in [5.41, 5.74) is 10.8. The number of nitrogens with two attached hydrogens (primary N) is 1. The molecule has 4 rings (SSSR count). The second-order valence-electron chi connectivity index (χ2n) is 7.28. The molecular formula is C23H24BrN3. The monoisotopic (exact) mass is 421 g/mol. The number of pyridine rings is 1. The first kappa shape index (κ1) is 18.2.